The maximum absolute atomic E-state index is 12.8. The summed E-state index contributed by atoms with van der Waals surface area (Å²) in [7, 11) is 0. The maximum atomic E-state index is 12.8. The highest BCUT2D eigenvalue weighted by Crippen LogP contribution is 2.28. The van der Waals surface area contributed by atoms with Crippen molar-refractivity contribution >= 4 is 39.5 Å². The SMILES string of the molecule is CCOc1ccccc1NC(=O)c1ccccc1CSC1=NCCS1. The first-order valence-corrected chi connectivity index (χ1v) is 10.2. The molecule has 0 saturated heterocycles. The Kier molecular flexibility index (Phi) is 6.42. The lowest BCUT2D eigenvalue weighted by Gasteiger charge is -2.13. The van der Waals surface area contributed by atoms with Gasteiger partial charge in [0.15, 0.2) is 0 Å². The van der Waals surface area contributed by atoms with Crippen molar-refractivity contribution in [2.45, 2.75) is 12.7 Å². The minimum absolute atomic E-state index is 0.121. The number of nitrogens with zero attached hydrogens (tertiary/aromatic N) is 1. The molecule has 6 heteroatoms. The van der Waals surface area contributed by atoms with Gasteiger partial charge >= 0.3 is 0 Å². The number of carbonyl (C=O) groups is 1. The van der Waals surface area contributed by atoms with Crippen LogP contribution in [0.3, 0.4) is 0 Å². The molecule has 0 aliphatic carbocycles. The number of amides is 1. The maximum Gasteiger partial charge on any atom is 0.256 e. The molecule has 4 nitrogen and oxygen atoms in total. The van der Waals surface area contributed by atoms with Gasteiger partial charge in [0, 0.05) is 17.1 Å². The zero-order valence-corrected chi connectivity index (χ0v) is 15.7. The van der Waals surface area contributed by atoms with Gasteiger partial charge in [-0.15, -0.1) is 0 Å². The van der Waals surface area contributed by atoms with Crippen molar-refractivity contribution in [2.24, 2.45) is 4.99 Å². The number of hydrogen-bond acceptors (Lipinski definition) is 5. The lowest BCUT2D eigenvalue weighted by molar-refractivity contribution is 0.102. The van der Waals surface area contributed by atoms with Crippen molar-refractivity contribution in [3.8, 4) is 5.75 Å². The second kappa shape index (κ2) is 8.97. The van der Waals surface area contributed by atoms with E-state index in [1.54, 1.807) is 23.5 Å². The molecule has 0 atom stereocenters. The average molecular weight is 373 g/mol. The minimum Gasteiger partial charge on any atom is -0.492 e. The molecular weight excluding hydrogens is 352 g/mol. The van der Waals surface area contributed by atoms with Crippen LogP contribution in [0.25, 0.3) is 0 Å². The lowest BCUT2D eigenvalue weighted by Crippen LogP contribution is -2.15. The third-order valence-electron chi connectivity index (χ3n) is 3.61. The number of nitrogens with one attached hydrogen (secondary N) is 1. The van der Waals surface area contributed by atoms with Crippen LogP contribution in [0.5, 0.6) is 5.75 Å². The summed E-state index contributed by atoms with van der Waals surface area (Å²) in [5.41, 5.74) is 2.38. The second-order valence-corrected chi connectivity index (χ2v) is 7.63. The summed E-state index contributed by atoms with van der Waals surface area (Å²) in [6, 6.07) is 15.2. The molecule has 1 amide bonds. The van der Waals surface area contributed by atoms with Gasteiger partial charge in [0.05, 0.1) is 18.8 Å². The summed E-state index contributed by atoms with van der Waals surface area (Å²) in [6.45, 7) is 3.37. The summed E-state index contributed by atoms with van der Waals surface area (Å²) in [4.78, 5) is 17.2. The van der Waals surface area contributed by atoms with E-state index in [1.807, 2.05) is 55.5 Å². The van der Waals surface area contributed by atoms with Crippen LogP contribution in [-0.4, -0.2) is 29.2 Å². The smallest absolute Gasteiger partial charge is 0.256 e. The van der Waals surface area contributed by atoms with Crippen molar-refractivity contribution < 1.29 is 9.53 Å². The third kappa shape index (κ3) is 4.80. The first kappa shape index (κ1) is 17.9. The Labute approximate surface area is 156 Å². The van der Waals surface area contributed by atoms with Crippen LogP contribution < -0.4 is 10.1 Å². The standard InChI is InChI=1S/C19H20N2O2S2/c1-2-23-17-10-6-5-9-16(17)21-18(22)15-8-4-3-7-14(15)13-25-19-20-11-12-24-19/h3-10H,2,11-13H2,1H3,(H,21,22). The fourth-order valence-corrected chi connectivity index (χ4v) is 4.46. The molecule has 0 unspecified atom stereocenters. The Morgan fingerprint density at radius 3 is 2.84 bits per heavy atom. The van der Waals surface area contributed by atoms with Crippen molar-refractivity contribution in [1.29, 1.82) is 0 Å². The molecule has 0 radical (unpaired) electrons. The molecule has 2 aromatic rings. The Bertz CT molecular complexity index is 778. The summed E-state index contributed by atoms with van der Waals surface area (Å²) in [6.07, 6.45) is 0. The molecule has 2 aromatic carbocycles. The lowest BCUT2D eigenvalue weighted by atomic mass is 10.1. The van der Waals surface area contributed by atoms with Crippen LogP contribution in [0, 0.1) is 0 Å². The van der Waals surface area contributed by atoms with E-state index in [4.69, 9.17) is 4.74 Å². The Balaban J connectivity index is 1.74. The summed E-state index contributed by atoms with van der Waals surface area (Å²) in [5.74, 6) is 2.35. The summed E-state index contributed by atoms with van der Waals surface area (Å²) < 4.78 is 6.69. The third-order valence-corrected chi connectivity index (χ3v) is 5.91. The minimum atomic E-state index is -0.121. The molecule has 25 heavy (non-hydrogen) atoms. The van der Waals surface area contributed by atoms with Gasteiger partial charge in [0.2, 0.25) is 0 Å². The predicted octanol–water partition coefficient (Wildman–Crippen LogP) is 4.67. The van der Waals surface area contributed by atoms with Crippen molar-refractivity contribution in [3.05, 3.63) is 59.7 Å². The number of hydrogen-bond donors (Lipinski definition) is 1. The number of ether oxygens (including phenoxy) is 1. The first-order valence-electron chi connectivity index (χ1n) is 8.19. The van der Waals surface area contributed by atoms with Gasteiger partial charge in [-0.1, -0.05) is 53.9 Å². The van der Waals surface area contributed by atoms with Crippen LogP contribution in [-0.2, 0) is 5.75 Å². The van der Waals surface area contributed by atoms with Crippen molar-refractivity contribution in [2.75, 3.05) is 24.2 Å². The number of rotatable bonds is 6. The van der Waals surface area contributed by atoms with E-state index in [0.717, 1.165) is 28.0 Å². The number of carbonyl (C=O) groups excluding carboxylic acids is 1. The van der Waals surface area contributed by atoms with Crippen LogP contribution in [0.4, 0.5) is 5.69 Å². The topological polar surface area (TPSA) is 50.7 Å². The largest absolute Gasteiger partial charge is 0.492 e. The van der Waals surface area contributed by atoms with Gasteiger partial charge < -0.3 is 10.1 Å². The fraction of sp³-hybridized carbons (Fsp3) is 0.263. The quantitative estimate of drug-likeness (QED) is 0.800. The number of para-hydroxylation sites is 2. The molecule has 130 valence electrons. The average Bonchev–Trinajstić information content (AvgIpc) is 3.15. The predicted molar refractivity (Wildman–Crippen MR) is 108 cm³/mol. The Morgan fingerprint density at radius 1 is 1.24 bits per heavy atom. The molecular formula is C19H20N2O2S2. The molecule has 1 aliphatic heterocycles. The summed E-state index contributed by atoms with van der Waals surface area (Å²) in [5, 5.41) is 2.97. The van der Waals surface area contributed by atoms with E-state index in [1.165, 1.54) is 0 Å². The molecule has 0 bridgehead atoms. The van der Waals surface area contributed by atoms with Gasteiger partial charge in [0.25, 0.3) is 5.91 Å². The molecule has 0 aromatic heterocycles. The molecule has 1 heterocycles. The van der Waals surface area contributed by atoms with Gasteiger partial charge in [0.1, 0.15) is 10.1 Å². The van der Waals surface area contributed by atoms with Crippen molar-refractivity contribution in [1.82, 2.24) is 0 Å². The Hall–Kier alpha value is -1.92. The van der Waals surface area contributed by atoms with E-state index in [-0.39, 0.29) is 5.91 Å². The van der Waals surface area contributed by atoms with E-state index in [0.29, 0.717) is 23.6 Å². The number of aliphatic imine (C=N–C) groups is 1. The van der Waals surface area contributed by atoms with E-state index in [2.05, 4.69) is 10.3 Å². The number of anilines is 1. The molecule has 3 rings (SSSR count). The highest BCUT2D eigenvalue weighted by molar-refractivity contribution is 8.38. The van der Waals surface area contributed by atoms with Gasteiger partial charge in [-0.2, -0.15) is 0 Å². The van der Waals surface area contributed by atoms with E-state index in [9.17, 15) is 4.79 Å². The van der Waals surface area contributed by atoms with Crippen LogP contribution in [0.2, 0.25) is 0 Å². The second-order valence-electron chi connectivity index (χ2n) is 5.33. The molecule has 1 N–H and O–H groups in total. The van der Waals surface area contributed by atoms with Crippen LogP contribution in [0.1, 0.15) is 22.8 Å². The summed E-state index contributed by atoms with van der Waals surface area (Å²) >= 11 is 3.48. The fourth-order valence-electron chi connectivity index (χ4n) is 2.45. The number of thioether (sulfide) groups is 2. The molecule has 1 aliphatic rings. The molecule has 0 spiro atoms. The van der Waals surface area contributed by atoms with E-state index < -0.39 is 0 Å². The van der Waals surface area contributed by atoms with E-state index >= 15 is 0 Å². The molecule has 0 fully saturated rings. The highest BCUT2D eigenvalue weighted by atomic mass is 32.2. The Morgan fingerprint density at radius 2 is 2.04 bits per heavy atom. The normalized spacial score (nSPS) is 13.4. The van der Waals surface area contributed by atoms with Crippen LogP contribution in [0.15, 0.2) is 53.5 Å². The van der Waals surface area contributed by atoms with Gasteiger partial charge in [-0.25, -0.2) is 0 Å². The van der Waals surface area contributed by atoms with Crippen LogP contribution >= 0.6 is 23.5 Å². The zero-order chi connectivity index (χ0) is 17.5. The number of benzene rings is 2. The van der Waals surface area contributed by atoms with Gasteiger partial charge in [-0.05, 0) is 30.7 Å². The molecule has 0 saturated carbocycles. The first-order chi connectivity index (χ1) is 12.3. The zero-order valence-electron chi connectivity index (χ0n) is 14.0. The monoisotopic (exact) mass is 372 g/mol. The van der Waals surface area contributed by atoms with Crippen molar-refractivity contribution in [3.63, 3.8) is 0 Å². The highest BCUT2D eigenvalue weighted by Gasteiger charge is 2.15. The van der Waals surface area contributed by atoms with Gasteiger partial charge in [-0.3, -0.25) is 9.79 Å².